The van der Waals surface area contributed by atoms with Crippen LogP contribution in [0.3, 0.4) is 0 Å². The first-order chi connectivity index (χ1) is 6.24. The number of amides is 1. The lowest BCUT2D eigenvalue weighted by Crippen LogP contribution is -2.26. The average Bonchev–Trinajstić information content (AvgIpc) is 2.19. The molecule has 4 heteroatoms. The molecule has 0 bridgehead atoms. The van der Waals surface area contributed by atoms with Gasteiger partial charge in [0.05, 0.1) is 18.8 Å². The lowest BCUT2D eigenvalue weighted by Gasteiger charge is -2.11. The molecule has 1 heterocycles. The minimum Gasteiger partial charge on any atom is -0.453 e. The van der Waals surface area contributed by atoms with E-state index in [-0.39, 0.29) is 6.04 Å². The molecule has 0 aliphatic carbocycles. The van der Waals surface area contributed by atoms with Crippen molar-refractivity contribution in [3.05, 3.63) is 30.1 Å². The summed E-state index contributed by atoms with van der Waals surface area (Å²) in [7, 11) is 1.33. The normalized spacial score (nSPS) is 11.8. The molecule has 1 rings (SSSR count). The van der Waals surface area contributed by atoms with Crippen LogP contribution in [0.15, 0.2) is 24.4 Å². The molecule has 0 saturated heterocycles. The van der Waals surface area contributed by atoms with Crippen LogP contribution in [0.25, 0.3) is 0 Å². The summed E-state index contributed by atoms with van der Waals surface area (Å²) in [5.74, 6) is 0. The zero-order valence-corrected chi connectivity index (χ0v) is 7.65. The largest absolute Gasteiger partial charge is 0.453 e. The molecule has 0 spiro atoms. The molecule has 13 heavy (non-hydrogen) atoms. The Balaban J connectivity index is 2.59. The summed E-state index contributed by atoms with van der Waals surface area (Å²) in [5.41, 5.74) is 0.813. The smallest absolute Gasteiger partial charge is 0.407 e. The number of pyridine rings is 1. The Kier molecular flexibility index (Phi) is 3.25. The second kappa shape index (κ2) is 4.45. The van der Waals surface area contributed by atoms with Gasteiger partial charge in [0.1, 0.15) is 0 Å². The minimum absolute atomic E-state index is 0.131. The van der Waals surface area contributed by atoms with Gasteiger partial charge in [-0.2, -0.15) is 0 Å². The standard InChI is InChI=1S/C9H12N2O2/c1-7(11-9(12)13-2)8-5-3-4-6-10-8/h3-7H,1-2H3,(H,11,12). The maximum Gasteiger partial charge on any atom is 0.407 e. The van der Waals surface area contributed by atoms with Gasteiger partial charge in [-0.25, -0.2) is 4.79 Å². The number of carbonyl (C=O) groups excluding carboxylic acids is 1. The minimum atomic E-state index is -0.446. The SMILES string of the molecule is COC(=O)NC(C)c1ccccn1. The van der Waals surface area contributed by atoms with E-state index in [1.165, 1.54) is 7.11 Å². The molecule has 0 aliphatic heterocycles. The van der Waals surface area contributed by atoms with Gasteiger partial charge in [-0.1, -0.05) is 6.07 Å². The Morgan fingerprint density at radius 1 is 1.62 bits per heavy atom. The van der Waals surface area contributed by atoms with Crippen molar-refractivity contribution in [1.29, 1.82) is 0 Å². The highest BCUT2D eigenvalue weighted by Gasteiger charge is 2.08. The van der Waals surface area contributed by atoms with E-state index in [1.54, 1.807) is 6.20 Å². The number of ether oxygens (including phenoxy) is 1. The van der Waals surface area contributed by atoms with E-state index in [0.29, 0.717) is 0 Å². The lowest BCUT2D eigenvalue weighted by atomic mass is 10.2. The van der Waals surface area contributed by atoms with Crippen LogP contribution in [0, 0.1) is 0 Å². The Hall–Kier alpha value is -1.58. The summed E-state index contributed by atoms with van der Waals surface area (Å²) in [5, 5.41) is 2.62. The van der Waals surface area contributed by atoms with Gasteiger partial charge in [0, 0.05) is 6.20 Å². The van der Waals surface area contributed by atoms with Crippen LogP contribution >= 0.6 is 0 Å². The van der Waals surface area contributed by atoms with E-state index in [4.69, 9.17) is 0 Å². The zero-order chi connectivity index (χ0) is 9.68. The van der Waals surface area contributed by atoms with Crippen molar-refractivity contribution in [2.45, 2.75) is 13.0 Å². The summed E-state index contributed by atoms with van der Waals surface area (Å²) >= 11 is 0. The van der Waals surface area contributed by atoms with Crippen molar-refractivity contribution in [2.75, 3.05) is 7.11 Å². The molecule has 1 aromatic heterocycles. The quantitative estimate of drug-likeness (QED) is 0.750. The molecule has 70 valence electrons. The lowest BCUT2D eigenvalue weighted by molar-refractivity contribution is 0.167. The topological polar surface area (TPSA) is 51.2 Å². The maximum atomic E-state index is 10.8. The van der Waals surface area contributed by atoms with E-state index in [9.17, 15) is 4.79 Å². The highest BCUT2D eigenvalue weighted by atomic mass is 16.5. The number of aromatic nitrogens is 1. The fraction of sp³-hybridized carbons (Fsp3) is 0.333. The second-order valence-electron chi connectivity index (χ2n) is 2.61. The summed E-state index contributed by atoms with van der Waals surface area (Å²) in [6.07, 6.45) is 1.24. The Morgan fingerprint density at radius 3 is 2.92 bits per heavy atom. The first-order valence-corrected chi connectivity index (χ1v) is 3.99. The van der Waals surface area contributed by atoms with Crippen molar-refractivity contribution in [3.8, 4) is 0 Å². The second-order valence-corrected chi connectivity index (χ2v) is 2.61. The Morgan fingerprint density at radius 2 is 2.38 bits per heavy atom. The molecule has 4 nitrogen and oxygen atoms in total. The van der Waals surface area contributed by atoms with E-state index >= 15 is 0 Å². The summed E-state index contributed by atoms with van der Waals surface area (Å²) in [6, 6.07) is 5.42. The molecular weight excluding hydrogens is 168 g/mol. The summed E-state index contributed by atoms with van der Waals surface area (Å²) < 4.78 is 4.46. The molecule has 1 aromatic rings. The maximum absolute atomic E-state index is 10.8. The third-order valence-electron chi connectivity index (χ3n) is 1.65. The fourth-order valence-corrected chi connectivity index (χ4v) is 0.942. The molecule has 1 amide bonds. The first-order valence-electron chi connectivity index (χ1n) is 3.99. The highest BCUT2D eigenvalue weighted by molar-refractivity contribution is 5.67. The average molecular weight is 180 g/mol. The van der Waals surface area contributed by atoms with Crippen molar-refractivity contribution < 1.29 is 9.53 Å². The van der Waals surface area contributed by atoms with Gasteiger partial charge in [-0.3, -0.25) is 4.98 Å². The predicted octanol–water partition coefficient (Wildman–Crippen LogP) is 1.50. The molecule has 1 atom stereocenters. The number of nitrogens with one attached hydrogen (secondary N) is 1. The van der Waals surface area contributed by atoms with E-state index < -0.39 is 6.09 Å². The van der Waals surface area contributed by atoms with Gasteiger partial charge < -0.3 is 10.1 Å². The van der Waals surface area contributed by atoms with Crippen LogP contribution in [0.4, 0.5) is 4.79 Å². The molecule has 1 N–H and O–H groups in total. The van der Waals surface area contributed by atoms with Gasteiger partial charge in [0.2, 0.25) is 0 Å². The molecular formula is C9H12N2O2. The zero-order valence-electron chi connectivity index (χ0n) is 7.65. The number of nitrogens with zero attached hydrogens (tertiary/aromatic N) is 1. The third kappa shape index (κ3) is 2.74. The van der Waals surface area contributed by atoms with E-state index in [1.807, 2.05) is 25.1 Å². The summed E-state index contributed by atoms with van der Waals surface area (Å²) in [6.45, 7) is 1.85. The van der Waals surface area contributed by atoms with Crippen LogP contribution in [-0.4, -0.2) is 18.2 Å². The van der Waals surface area contributed by atoms with E-state index in [2.05, 4.69) is 15.0 Å². The first kappa shape index (κ1) is 9.51. The number of rotatable bonds is 2. The van der Waals surface area contributed by atoms with Crippen molar-refractivity contribution in [2.24, 2.45) is 0 Å². The van der Waals surface area contributed by atoms with Crippen LogP contribution in [0.2, 0.25) is 0 Å². The van der Waals surface area contributed by atoms with Gasteiger partial charge in [-0.05, 0) is 19.1 Å². The molecule has 0 radical (unpaired) electrons. The monoisotopic (exact) mass is 180 g/mol. The van der Waals surface area contributed by atoms with Gasteiger partial charge >= 0.3 is 6.09 Å². The number of methoxy groups -OCH3 is 1. The van der Waals surface area contributed by atoms with Crippen molar-refractivity contribution >= 4 is 6.09 Å². The third-order valence-corrected chi connectivity index (χ3v) is 1.65. The van der Waals surface area contributed by atoms with Crippen molar-refractivity contribution in [3.63, 3.8) is 0 Å². The number of carbonyl (C=O) groups is 1. The number of hydrogen-bond donors (Lipinski definition) is 1. The number of alkyl carbamates (subject to hydrolysis) is 1. The van der Waals surface area contributed by atoms with Gasteiger partial charge in [0.25, 0.3) is 0 Å². The molecule has 0 saturated carbocycles. The molecule has 1 unspecified atom stereocenters. The van der Waals surface area contributed by atoms with Crippen LogP contribution in [-0.2, 0) is 4.74 Å². The fourth-order valence-electron chi connectivity index (χ4n) is 0.942. The van der Waals surface area contributed by atoms with Crippen molar-refractivity contribution in [1.82, 2.24) is 10.3 Å². The summed E-state index contributed by atoms with van der Waals surface area (Å²) in [4.78, 5) is 14.9. The van der Waals surface area contributed by atoms with E-state index in [0.717, 1.165) is 5.69 Å². The molecule has 0 aliphatic rings. The highest BCUT2D eigenvalue weighted by Crippen LogP contribution is 2.07. The van der Waals surface area contributed by atoms with Gasteiger partial charge in [0.15, 0.2) is 0 Å². The Bertz CT molecular complexity index is 274. The van der Waals surface area contributed by atoms with Crippen LogP contribution < -0.4 is 5.32 Å². The molecule has 0 fully saturated rings. The Labute approximate surface area is 76.9 Å². The predicted molar refractivity (Wildman–Crippen MR) is 48.2 cm³/mol. The van der Waals surface area contributed by atoms with Crippen LogP contribution in [0.5, 0.6) is 0 Å². The number of hydrogen-bond acceptors (Lipinski definition) is 3. The molecule has 0 aromatic carbocycles. The van der Waals surface area contributed by atoms with Crippen LogP contribution in [0.1, 0.15) is 18.7 Å². The van der Waals surface area contributed by atoms with Gasteiger partial charge in [-0.15, -0.1) is 0 Å².